The van der Waals surface area contributed by atoms with Gasteiger partial charge in [0, 0.05) is 18.2 Å². The van der Waals surface area contributed by atoms with Gasteiger partial charge in [-0.25, -0.2) is 17.2 Å². The van der Waals surface area contributed by atoms with Gasteiger partial charge in [0.2, 0.25) is 15.9 Å². The van der Waals surface area contributed by atoms with Crippen LogP contribution in [0.4, 0.5) is 20.2 Å². The summed E-state index contributed by atoms with van der Waals surface area (Å²) in [5, 5.41) is 2.78. The van der Waals surface area contributed by atoms with Crippen LogP contribution in [0.3, 0.4) is 0 Å². The molecule has 0 saturated heterocycles. The smallest absolute Gasteiger partial charge is 0.248 e. The van der Waals surface area contributed by atoms with E-state index in [-0.39, 0.29) is 27.9 Å². The number of hydrogen-bond acceptors (Lipinski definition) is 5. The lowest BCUT2D eigenvalue weighted by molar-refractivity contribution is -0.116. The molecule has 0 radical (unpaired) electrons. The van der Waals surface area contributed by atoms with Crippen molar-refractivity contribution in [3.63, 3.8) is 0 Å². The van der Waals surface area contributed by atoms with E-state index < -0.39 is 33.6 Å². The highest BCUT2D eigenvalue weighted by molar-refractivity contribution is 7.92. The summed E-state index contributed by atoms with van der Waals surface area (Å²) in [5.74, 6) is -2.65. The van der Waals surface area contributed by atoms with Gasteiger partial charge in [-0.3, -0.25) is 9.10 Å². The summed E-state index contributed by atoms with van der Waals surface area (Å²) in [6.07, 6.45) is 0.851. The van der Waals surface area contributed by atoms with Crippen molar-refractivity contribution >= 4 is 38.9 Å². The number of ether oxygens (including phenoxy) is 2. The highest BCUT2D eigenvalue weighted by Gasteiger charge is 2.30. The largest absolute Gasteiger partial charge is 0.495 e. The van der Waals surface area contributed by atoms with Crippen molar-refractivity contribution in [1.29, 1.82) is 0 Å². The molecule has 29 heavy (non-hydrogen) atoms. The van der Waals surface area contributed by atoms with Crippen LogP contribution in [0, 0.1) is 11.6 Å². The molecule has 0 fully saturated rings. The van der Waals surface area contributed by atoms with Gasteiger partial charge in [0.05, 0.1) is 36.9 Å². The van der Waals surface area contributed by atoms with Crippen molar-refractivity contribution in [2.24, 2.45) is 0 Å². The number of halogens is 3. The molecule has 0 saturated carbocycles. The van der Waals surface area contributed by atoms with E-state index in [0.717, 1.165) is 18.4 Å². The fourth-order valence-electron chi connectivity index (χ4n) is 2.63. The number of nitrogens with zero attached hydrogens (tertiary/aromatic N) is 1. The van der Waals surface area contributed by atoms with Crippen LogP contribution in [-0.2, 0) is 14.8 Å². The van der Waals surface area contributed by atoms with E-state index in [2.05, 4.69) is 5.32 Å². The number of carbonyl (C=O) groups is 1. The minimum Gasteiger partial charge on any atom is -0.495 e. The quantitative estimate of drug-likeness (QED) is 0.701. The van der Waals surface area contributed by atoms with Gasteiger partial charge in [-0.1, -0.05) is 11.6 Å². The number of methoxy groups -OCH3 is 2. The van der Waals surface area contributed by atoms with Gasteiger partial charge < -0.3 is 14.8 Å². The van der Waals surface area contributed by atoms with Crippen LogP contribution in [0.2, 0.25) is 5.02 Å². The summed E-state index contributed by atoms with van der Waals surface area (Å²) in [6.45, 7) is 1.30. The second-order valence-corrected chi connectivity index (χ2v) is 8.28. The molecule has 0 spiro atoms. The van der Waals surface area contributed by atoms with Crippen molar-refractivity contribution in [3.05, 3.63) is 47.0 Å². The van der Waals surface area contributed by atoms with Gasteiger partial charge in [0.15, 0.2) is 11.6 Å². The van der Waals surface area contributed by atoms with Crippen LogP contribution in [-0.4, -0.2) is 40.8 Å². The molecule has 0 aliphatic heterocycles. The zero-order chi connectivity index (χ0) is 21.9. The zero-order valence-electron chi connectivity index (χ0n) is 16.0. The SMILES string of the molecule is COc1cc(NC(=O)[C@@H](C)N(c2ccc(F)c(F)c2)S(C)(=O)=O)c(OC)cc1Cl. The van der Waals surface area contributed by atoms with Crippen molar-refractivity contribution in [1.82, 2.24) is 0 Å². The number of nitrogens with one attached hydrogen (secondary N) is 1. The van der Waals surface area contributed by atoms with E-state index in [1.165, 1.54) is 33.3 Å². The molecular formula is C18H19ClF2N2O5S. The third kappa shape index (κ3) is 5.07. The molecule has 2 aromatic carbocycles. The predicted molar refractivity (Wildman–Crippen MR) is 106 cm³/mol. The average Bonchev–Trinajstić information content (AvgIpc) is 2.64. The topological polar surface area (TPSA) is 84.9 Å². The Kier molecular flexibility index (Phi) is 6.91. The van der Waals surface area contributed by atoms with Gasteiger partial charge in [0.25, 0.3) is 0 Å². The molecule has 0 heterocycles. The molecule has 1 atom stereocenters. The van der Waals surface area contributed by atoms with Crippen LogP contribution in [0.25, 0.3) is 0 Å². The van der Waals surface area contributed by atoms with E-state index in [1.54, 1.807) is 0 Å². The lowest BCUT2D eigenvalue weighted by atomic mass is 10.2. The molecule has 2 rings (SSSR count). The molecule has 0 aromatic heterocycles. The minimum absolute atomic E-state index is 0.185. The van der Waals surface area contributed by atoms with Gasteiger partial charge in [-0.05, 0) is 19.1 Å². The van der Waals surface area contributed by atoms with Crippen LogP contribution in [0.1, 0.15) is 6.92 Å². The van der Waals surface area contributed by atoms with Crippen molar-refractivity contribution < 1.29 is 31.5 Å². The predicted octanol–water partition coefficient (Wildman–Crippen LogP) is 3.43. The maximum absolute atomic E-state index is 13.6. The Hall–Kier alpha value is -2.59. The fourth-order valence-corrected chi connectivity index (χ4v) is 4.02. The summed E-state index contributed by atoms with van der Waals surface area (Å²) in [6, 6.07) is 4.07. The Labute approximate surface area is 172 Å². The highest BCUT2D eigenvalue weighted by Crippen LogP contribution is 2.36. The molecule has 1 N–H and O–H groups in total. The zero-order valence-corrected chi connectivity index (χ0v) is 17.6. The molecule has 0 bridgehead atoms. The molecule has 2 aromatic rings. The van der Waals surface area contributed by atoms with E-state index in [9.17, 15) is 22.0 Å². The minimum atomic E-state index is -4.01. The van der Waals surface area contributed by atoms with Crippen LogP contribution in [0.15, 0.2) is 30.3 Å². The Morgan fingerprint density at radius 1 is 1.10 bits per heavy atom. The average molecular weight is 449 g/mol. The maximum Gasteiger partial charge on any atom is 0.248 e. The third-order valence-electron chi connectivity index (χ3n) is 3.98. The first-order valence-electron chi connectivity index (χ1n) is 8.16. The Bertz CT molecular complexity index is 1030. The second kappa shape index (κ2) is 8.83. The van der Waals surface area contributed by atoms with Crippen LogP contribution < -0.4 is 19.1 Å². The van der Waals surface area contributed by atoms with E-state index in [1.807, 2.05) is 0 Å². The third-order valence-corrected chi connectivity index (χ3v) is 5.51. The van der Waals surface area contributed by atoms with E-state index in [4.69, 9.17) is 21.1 Å². The molecule has 0 unspecified atom stereocenters. The van der Waals surface area contributed by atoms with Gasteiger partial charge in [-0.2, -0.15) is 0 Å². The summed E-state index contributed by atoms with van der Waals surface area (Å²) in [7, 11) is -1.27. The second-order valence-electron chi connectivity index (χ2n) is 6.01. The molecule has 11 heteroatoms. The Morgan fingerprint density at radius 2 is 1.72 bits per heavy atom. The van der Waals surface area contributed by atoms with Crippen LogP contribution in [0.5, 0.6) is 11.5 Å². The molecule has 1 amide bonds. The number of rotatable bonds is 7. The van der Waals surface area contributed by atoms with Gasteiger partial charge >= 0.3 is 0 Å². The first-order chi connectivity index (χ1) is 13.5. The summed E-state index contributed by atoms with van der Waals surface area (Å²) < 4.78 is 62.3. The molecular weight excluding hydrogens is 430 g/mol. The van der Waals surface area contributed by atoms with Crippen molar-refractivity contribution in [2.75, 3.05) is 30.1 Å². The number of hydrogen-bond donors (Lipinski definition) is 1. The lowest BCUT2D eigenvalue weighted by Crippen LogP contribution is -2.45. The Balaban J connectivity index is 2.41. The lowest BCUT2D eigenvalue weighted by Gasteiger charge is -2.28. The van der Waals surface area contributed by atoms with E-state index in [0.29, 0.717) is 10.4 Å². The van der Waals surface area contributed by atoms with Crippen LogP contribution >= 0.6 is 11.6 Å². The van der Waals surface area contributed by atoms with Crippen molar-refractivity contribution in [3.8, 4) is 11.5 Å². The summed E-state index contributed by atoms with van der Waals surface area (Å²) >= 11 is 6.03. The molecule has 0 aliphatic carbocycles. The standard InChI is InChI=1S/C18H19ClF2N2O5S/c1-10(23(29(4,25)26)11-5-6-13(20)14(21)7-11)18(24)22-15-9-16(27-2)12(19)8-17(15)28-3/h5-10H,1-4H3,(H,22,24)/t10-/m1/s1. The molecule has 7 nitrogen and oxygen atoms in total. The van der Waals surface area contributed by atoms with Gasteiger partial charge in [0.1, 0.15) is 17.5 Å². The Morgan fingerprint density at radius 3 is 2.24 bits per heavy atom. The number of sulfonamides is 1. The monoisotopic (exact) mass is 448 g/mol. The summed E-state index contributed by atoms with van der Waals surface area (Å²) in [5.41, 5.74) is -0.0148. The highest BCUT2D eigenvalue weighted by atomic mass is 35.5. The number of amides is 1. The fraction of sp³-hybridized carbons (Fsp3) is 0.278. The molecule has 0 aliphatic rings. The first-order valence-corrected chi connectivity index (χ1v) is 10.4. The number of anilines is 2. The van der Waals surface area contributed by atoms with Crippen molar-refractivity contribution in [2.45, 2.75) is 13.0 Å². The molecule has 158 valence electrons. The summed E-state index contributed by atoms with van der Waals surface area (Å²) in [4.78, 5) is 12.8. The maximum atomic E-state index is 13.6. The normalized spacial score (nSPS) is 12.2. The number of benzene rings is 2. The first kappa shape index (κ1) is 22.7. The van der Waals surface area contributed by atoms with Gasteiger partial charge in [-0.15, -0.1) is 0 Å². The number of carbonyl (C=O) groups excluding carboxylic acids is 1. The van der Waals surface area contributed by atoms with E-state index >= 15 is 0 Å².